The molecule has 3 aromatic rings. The molecule has 0 amide bonds. The van der Waals surface area contributed by atoms with Gasteiger partial charge in [0.05, 0.1) is 25.9 Å². The molecule has 0 spiro atoms. The van der Waals surface area contributed by atoms with E-state index in [1.807, 2.05) is 45.0 Å². The lowest BCUT2D eigenvalue weighted by Gasteiger charge is -2.31. The lowest BCUT2D eigenvalue weighted by molar-refractivity contribution is -0.147. The molecule has 0 bridgehead atoms. The maximum Gasteiger partial charge on any atom is 0.336 e. The number of hydrogen-bond acceptors (Lipinski definition) is 8. The van der Waals surface area contributed by atoms with Gasteiger partial charge in [-0.1, -0.05) is 6.07 Å². The molecule has 192 valence electrons. The maximum absolute atomic E-state index is 12.2. The lowest BCUT2D eigenvalue weighted by atomic mass is 9.97. The largest absolute Gasteiger partial charge is 0.493 e. The summed E-state index contributed by atoms with van der Waals surface area (Å²) in [5.41, 5.74) is 3.84. The van der Waals surface area contributed by atoms with Crippen molar-refractivity contribution in [3.63, 3.8) is 0 Å². The Labute approximate surface area is 210 Å². The van der Waals surface area contributed by atoms with Crippen LogP contribution in [-0.2, 0) is 28.9 Å². The fourth-order valence-corrected chi connectivity index (χ4v) is 4.52. The average molecular weight is 496 g/mol. The van der Waals surface area contributed by atoms with Gasteiger partial charge in [-0.3, -0.25) is 9.69 Å². The minimum absolute atomic E-state index is 0.157. The van der Waals surface area contributed by atoms with Gasteiger partial charge in [0.2, 0.25) is 0 Å². The molecule has 4 rings (SSSR count). The topological polar surface area (TPSA) is 87.4 Å². The number of rotatable bonds is 9. The first-order chi connectivity index (χ1) is 17.3. The van der Waals surface area contributed by atoms with E-state index in [9.17, 15) is 9.59 Å². The third-order valence-electron chi connectivity index (χ3n) is 6.27. The van der Waals surface area contributed by atoms with Gasteiger partial charge in [-0.2, -0.15) is 0 Å². The first-order valence-corrected chi connectivity index (χ1v) is 12.1. The van der Waals surface area contributed by atoms with Crippen LogP contribution in [0, 0.1) is 6.92 Å². The summed E-state index contributed by atoms with van der Waals surface area (Å²) in [5, 5.41) is 0.853. The van der Waals surface area contributed by atoms with Crippen LogP contribution in [0.2, 0.25) is 0 Å². The normalized spacial score (nSPS) is 13.4. The number of hydrogen-bond donors (Lipinski definition) is 0. The smallest absolute Gasteiger partial charge is 0.336 e. The van der Waals surface area contributed by atoms with Gasteiger partial charge in [-0.25, -0.2) is 4.79 Å². The Kier molecular flexibility index (Phi) is 7.84. The summed E-state index contributed by atoms with van der Waals surface area (Å²) in [4.78, 5) is 26.5. The highest BCUT2D eigenvalue weighted by molar-refractivity contribution is 5.86. The Hall–Kier alpha value is -3.52. The van der Waals surface area contributed by atoms with Gasteiger partial charge < -0.3 is 23.4 Å². The minimum atomic E-state index is -0.391. The summed E-state index contributed by atoms with van der Waals surface area (Å²) in [7, 11) is 3.24. The van der Waals surface area contributed by atoms with Crippen molar-refractivity contribution in [3.8, 4) is 17.2 Å². The van der Waals surface area contributed by atoms with Gasteiger partial charge in [-0.15, -0.1) is 0 Å². The highest BCUT2D eigenvalue weighted by Gasteiger charge is 2.26. The van der Waals surface area contributed by atoms with E-state index in [1.54, 1.807) is 14.2 Å². The monoisotopic (exact) mass is 495 g/mol. The van der Waals surface area contributed by atoms with Crippen molar-refractivity contribution >= 4 is 16.9 Å². The number of aryl methyl sites for hydroxylation is 2. The third kappa shape index (κ3) is 5.65. The quantitative estimate of drug-likeness (QED) is 0.319. The van der Waals surface area contributed by atoms with Crippen molar-refractivity contribution < 1.29 is 28.2 Å². The Morgan fingerprint density at radius 2 is 1.86 bits per heavy atom. The molecule has 0 saturated carbocycles. The maximum atomic E-state index is 12.2. The van der Waals surface area contributed by atoms with Crippen LogP contribution in [-0.4, -0.2) is 44.5 Å². The first-order valence-electron chi connectivity index (χ1n) is 12.1. The van der Waals surface area contributed by atoms with Crippen LogP contribution in [0.25, 0.3) is 11.0 Å². The fraction of sp³-hybridized carbons (Fsp3) is 0.429. The van der Waals surface area contributed by atoms with Crippen LogP contribution >= 0.6 is 0 Å². The predicted octanol–water partition coefficient (Wildman–Crippen LogP) is 4.40. The number of nitrogens with zero attached hydrogens (tertiary/aromatic N) is 1. The molecule has 1 aliphatic rings. The van der Waals surface area contributed by atoms with E-state index in [2.05, 4.69) is 4.90 Å². The lowest BCUT2D eigenvalue weighted by Crippen LogP contribution is -2.34. The Morgan fingerprint density at radius 1 is 1.08 bits per heavy atom. The number of benzene rings is 2. The number of ether oxygens (including phenoxy) is 4. The molecular weight excluding hydrogens is 462 g/mol. The number of fused-ring (bicyclic) bond motifs is 3. The molecule has 36 heavy (non-hydrogen) atoms. The Bertz CT molecular complexity index is 1310. The second kappa shape index (κ2) is 11.0. The highest BCUT2D eigenvalue weighted by atomic mass is 16.5. The first kappa shape index (κ1) is 25.6. The molecule has 0 saturated heterocycles. The molecule has 8 heteroatoms. The summed E-state index contributed by atoms with van der Waals surface area (Å²) in [5.74, 6) is 1.83. The van der Waals surface area contributed by atoms with E-state index in [4.69, 9.17) is 23.4 Å². The standard InChI is InChI=1S/C28H33NO7/c1-17(2)35-25(30)9-7-20-14-21-18(3)12-26(31)36-28(21)22-15-29(16-34-27(20)22)11-10-19-6-8-23(32-4)24(13-19)33-5/h6,8,12-14,17H,7,9-11,15-16H2,1-5H3. The summed E-state index contributed by atoms with van der Waals surface area (Å²) in [6, 6.07) is 9.35. The Balaban J connectivity index is 1.59. The molecule has 2 aromatic carbocycles. The van der Waals surface area contributed by atoms with E-state index in [0.29, 0.717) is 42.5 Å². The van der Waals surface area contributed by atoms with Crippen molar-refractivity contribution in [2.45, 2.75) is 52.7 Å². The van der Waals surface area contributed by atoms with Crippen LogP contribution in [0.4, 0.5) is 0 Å². The summed E-state index contributed by atoms with van der Waals surface area (Å²) >= 11 is 0. The molecule has 8 nitrogen and oxygen atoms in total. The van der Waals surface area contributed by atoms with E-state index in [0.717, 1.165) is 40.6 Å². The van der Waals surface area contributed by atoms with Crippen molar-refractivity contribution in [2.75, 3.05) is 27.5 Å². The van der Waals surface area contributed by atoms with E-state index < -0.39 is 5.63 Å². The van der Waals surface area contributed by atoms with Crippen LogP contribution < -0.4 is 19.8 Å². The van der Waals surface area contributed by atoms with Gasteiger partial charge >= 0.3 is 11.6 Å². The average Bonchev–Trinajstić information content (AvgIpc) is 2.85. The Morgan fingerprint density at radius 3 is 2.58 bits per heavy atom. The molecule has 0 fully saturated rings. The van der Waals surface area contributed by atoms with E-state index >= 15 is 0 Å². The van der Waals surface area contributed by atoms with Gasteiger partial charge in [-0.05, 0) is 68.5 Å². The van der Waals surface area contributed by atoms with E-state index in [1.165, 1.54) is 6.07 Å². The number of carbonyl (C=O) groups is 1. The molecule has 2 heterocycles. The summed E-state index contributed by atoms with van der Waals surface area (Å²) in [6.07, 6.45) is 1.35. The van der Waals surface area contributed by atoms with Crippen LogP contribution in [0.15, 0.2) is 39.5 Å². The molecule has 0 aliphatic carbocycles. The number of carbonyl (C=O) groups excluding carboxylic acids is 1. The molecule has 0 radical (unpaired) electrons. The molecule has 0 unspecified atom stereocenters. The number of methoxy groups -OCH3 is 2. The van der Waals surface area contributed by atoms with Crippen LogP contribution in [0.3, 0.4) is 0 Å². The second-order valence-corrected chi connectivity index (χ2v) is 9.27. The van der Waals surface area contributed by atoms with Crippen molar-refractivity contribution in [1.29, 1.82) is 0 Å². The van der Waals surface area contributed by atoms with Crippen molar-refractivity contribution in [2.24, 2.45) is 0 Å². The summed E-state index contributed by atoms with van der Waals surface area (Å²) < 4.78 is 27.9. The minimum Gasteiger partial charge on any atom is -0.493 e. The second-order valence-electron chi connectivity index (χ2n) is 9.27. The van der Waals surface area contributed by atoms with Crippen molar-refractivity contribution in [3.05, 3.63) is 63.0 Å². The zero-order valence-electron chi connectivity index (χ0n) is 21.5. The van der Waals surface area contributed by atoms with Gasteiger partial charge in [0.15, 0.2) is 11.5 Å². The van der Waals surface area contributed by atoms with Crippen molar-refractivity contribution in [1.82, 2.24) is 4.90 Å². The predicted molar refractivity (Wildman–Crippen MR) is 136 cm³/mol. The molecule has 0 atom stereocenters. The molecule has 0 N–H and O–H groups in total. The van der Waals surface area contributed by atoms with Gasteiger partial charge in [0, 0.05) is 31.0 Å². The third-order valence-corrected chi connectivity index (χ3v) is 6.27. The summed E-state index contributed by atoms with van der Waals surface area (Å²) in [6.45, 7) is 7.25. The van der Waals surface area contributed by atoms with Crippen LogP contribution in [0.1, 0.15) is 42.5 Å². The molecule has 1 aliphatic heterocycles. The molecule has 1 aromatic heterocycles. The van der Waals surface area contributed by atoms with Gasteiger partial charge in [0.25, 0.3) is 0 Å². The van der Waals surface area contributed by atoms with E-state index in [-0.39, 0.29) is 18.5 Å². The zero-order chi connectivity index (χ0) is 25.8. The fourth-order valence-electron chi connectivity index (χ4n) is 4.52. The highest BCUT2D eigenvalue weighted by Crippen LogP contribution is 2.37. The SMILES string of the molecule is COc1ccc(CCN2COc3c(CCC(=O)OC(C)C)cc4c(C)cc(=O)oc4c3C2)cc1OC. The number of esters is 1. The zero-order valence-corrected chi connectivity index (χ0v) is 21.5. The molecular formula is C28H33NO7. The van der Waals surface area contributed by atoms with Crippen LogP contribution in [0.5, 0.6) is 17.2 Å². The van der Waals surface area contributed by atoms with Gasteiger partial charge in [0.1, 0.15) is 18.1 Å².